The van der Waals surface area contributed by atoms with E-state index in [1.165, 1.54) is 0 Å². The van der Waals surface area contributed by atoms with Gasteiger partial charge in [-0.3, -0.25) is 0 Å². The van der Waals surface area contributed by atoms with Crippen LogP contribution in [0.2, 0.25) is 10.0 Å². The van der Waals surface area contributed by atoms with Crippen molar-refractivity contribution >= 4 is 28.9 Å². The molecule has 0 saturated carbocycles. The van der Waals surface area contributed by atoms with E-state index in [0.717, 1.165) is 23.3 Å². The lowest BCUT2D eigenvalue weighted by molar-refractivity contribution is -0.0460. The van der Waals surface area contributed by atoms with Gasteiger partial charge in [0.2, 0.25) is 0 Å². The Balaban J connectivity index is 1.76. The first-order valence-electron chi connectivity index (χ1n) is 9.16. The minimum Gasteiger partial charge on any atom is -0.493 e. The lowest BCUT2D eigenvalue weighted by Crippen LogP contribution is -2.43. The van der Waals surface area contributed by atoms with Crippen molar-refractivity contribution in [2.75, 3.05) is 14.2 Å². The second-order valence-electron chi connectivity index (χ2n) is 7.27. The average Bonchev–Trinajstić information content (AvgIpc) is 3.12. The molecule has 0 saturated heterocycles. The zero-order chi connectivity index (χ0) is 20.0. The van der Waals surface area contributed by atoms with Crippen molar-refractivity contribution in [3.63, 3.8) is 0 Å². The quantitative estimate of drug-likeness (QED) is 0.651. The summed E-state index contributed by atoms with van der Waals surface area (Å²) in [6.45, 7) is 4.22. The van der Waals surface area contributed by atoms with Crippen LogP contribution in [-0.4, -0.2) is 31.2 Å². The number of hydrogen-bond acceptors (Lipinski definition) is 5. The fourth-order valence-electron chi connectivity index (χ4n) is 3.77. The molecule has 5 nitrogen and oxygen atoms in total. The molecule has 0 N–H and O–H groups in total. The van der Waals surface area contributed by atoms with E-state index in [-0.39, 0.29) is 18.2 Å². The van der Waals surface area contributed by atoms with E-state index in [0.29, 0.717) is 27.3 Å². The number of nitrogens with zero attached hydrogens (tertiary/aromatic N) is 2. The van der Waals surface area contributed by atoms with Gasteiger partial charge in [-0.1, -0.05) is 37.0 Å². The van der Waals surface area contributed by atoms with Crippen molar-refractivity contribution in [2.24, 2.45) is 11.0 Å². The number of ether oxygens (including phenoxy) is 3. The molecule has 0 aliphatic carbocycles. The first-order valence-corrected chi connectivity index (χ1v) is 9.92. The van der Waals surface area contributed by atoms with E-state index in [4.69, 9.17) is 42.5 Å². The maximum atomic E-state index is 6.44. The molecule has 0 aromatic heterocycles. The van der Waals surface area contributed by atoms with Crippen molar-refractivity contribution in [3.8, 4) is 17.2 Å². The second-order valence-corrected chi connectivity index (χ2v) is 8.12. The predicted molar refractivity (Wildman–Crippen MR) is 111 cm³/mol. The van der Waals surface area contributed by atoms with Gasteiger partial charge in [0.25, 0.3) is 0 Å². The molecule has 0 bridgehead atoms. The van der Waals surface area contributed by atoms with Crippen molar-refractivity contribution in [1.29, 1.82) is 0 Å². The molecule has 7 heteroatoms. The SMILES string of the molecule is COc1ccc(C2=NN3[C@@H](C(C)C)Oc4c(Cl)cc(Cl)cc4[C@@H]3C2)cc1OC. The van der Waals surface area contributed by atoms with Gasteiger partial charge in [-0.05, 0) is 30.3 Å². The van der Waals surface area contributed by atoms with Crippen LogP contribution >= 0.6 is 23.2 Å². The van der Waals surface area contributed by atoms with Gasteiger partial charge in [-0.2, -0.15) is 5.10 Å². The van der Waals surface area contributed by atoms with Crippen LogP contribution in [0.5, 0.6) is 17.2 Å². The molecule has 4 rings (SSSR count). The summed E-state index contributed by atoms with van der Waals surface area (Å²) in [5, 5.41) is 8.08. The number of halogens is 2. The van der Waals surface area contributed by atoms with Crippen LogP contribution in [-0.2, 0) is 0 Å². The van der Waals surface area contributed by atoms with Gasteiger partial charge in [-0.15, -0.1) is 0 Å². The van der Waals surface area contributed by atoms with E-state index >= 15 is 0 Å². The molecule has 0 unspecified atom stereocenters. The summed E-state index contributed by atoms with van der Waals surface area (Å²) in [6, 6.07) is 9.51. The molecule has 148 valence electrons. The van der Waals surface area contributed by atoms with E-state index in [1.807, 2.05) is 29.3 Å². The van der Waals surface area contributed by atoms with Crippen LogP contribution in [0.25, 0.3) is 0 Å². The summed E-state index contributed by atoms with van der Waals surface area (Å²) in [7, 11) is 3.25. The number of fused-ring (bicyclic) bond motifs is 3. The summed E-state index contributed by atoms with van der Waals surface area (Å²) < 4.78 is 17.0. The standard InChI is InChI=1S/C21H22Cl2N2O3/c1-11(2)21-25-17(14-8-13(22)9-15(23)20(14)28-21)10-16(24-25)12-5-6-18(26-3)19(7-12)27-4/h5-9,11,17,21H,10H2,1-4H3/t17-,21+/m0/s1. The minimum atomic E-state index is -0.200. The van der Waals surface area contributed by atoms with Crippen LogP contribution in [0.3, 0.4) is 0 Å². The molecule has 0 radical (unpaired) electrons. The zero-order valence-corrected chi connectivity index (χ0v) is 17.7. The summed E-state index contributed by atoms with van der Waals surface area (Å²) in [5.74, 6) is 2.30. The highest BCUT2D eigenvalue weighted by atomic mass is 35.5. The van der Waals surface area contributed by atoms with Crippen LogP contribution in [0, 0.1) is 5.92 Å². The number of hydrazone groups is 1. The molecule has 0 amide bonds. The van der Waals surface area contributed by atoms with Gasteiger partial charge in [0.15, 0.2) is 17.7 Å². The molecule has 2 atom stereocenters. The van der Waals surface area contributed by atoms with Gasteiger partial charge in [0, 0.05) is 28.5 Å². The van der Waals surface area contributed by atoms with Crippen LogP contribution in [0.15, 0.2) is 35.4 Å². The maximum Gasteiger partial charge on any atom is 0.190 e. The zero-order valence-electron chi connectivity index (χ0n) is 16.2. The smallest absolute Gasteiger partial charge is 0.190 e. The molecular formula is C21H22Cl2N2O3. The Bertz CT molecular complexity index is 945. The second kappa shape index (κ2) is 7.37. The van der Waals surface area contributed by atoms with E-state index in [9.17, 15) is 0 Å². The Morgan fingerprint density at radius 2 is 1.86 bits per heavy atom. The summed E-state index contributed by atoms with van der Waals surface area (Å²) in [6.07, 6.45) is 0.528. The molecular weight excluding hydrogens is 399 g/mol. The van der Waals surface area contributed by atoms with Gasteiger partial charge < -0.3 is 14.2 Å². The summed E-state index contributed by atoms with van der Waals surface area (Å²) in [5.41, 5.74) is 2.92. The molecule has 2 heterocycles. The highest BCUT2D eigenvalue weighted by Crippen LogP contribution is 2.48. The number of methoxy groups -OCH3 is 2. The van der Waals surface area contributed by atoms with Crippen LogP contribution in [0.1, 0.15) is 37.4 Å². The third kappa shape index (κ3) is 3.16. The Labute approximate surface area is 174 Å². The molecule has 0 fully saturated rings. The first-order chi connectivity index (χ1) is 13.4. The highest BCUT2D eigenvalue weighted by molar-refractivity contribution is 6.35. The summed E-state index contributed by atoms with van der Waals surface area (Å²) >= 11 is 12.7. The Morgan fingerprint density at radius 3 is 2.54 bits per heavy atom. The molecule has 0 spiro atoms. The highest BCUT2D eigenvalue weighted by Gasteiger charge is 2.42. The van der Waals surface area contributed by atoms with E-state index < -0.39 is 0 Å². The Hall–Kier alpha value is -2.11. The molecule has 28 heavy (non-hydrogen) atoms. The Kier molecular flexibility index (Phi) is 5.06. The van der Waals surface area contributed by atoms with Crippen molar-refractivity contribution in [3.05, 3.63) is 51.5 Å². The summed E-state index contributed by atoms with van der Waals surface area (Å²) in [4.78, 5) is 0. The maximum absolute atomic E-state index is 6.44. The van der Waals surface area contributed by atoms with Gasteiger partial charge in [-0.25, -0.2) is 5.01 Å². The minimum absolute atomic E-state index is 0.0236. The van der Waals surface area contributed by atoms with Gasteiger partial charge in [0.05, 0.1) is 31.0 Å². The fraction of sp³-hybridized carbons (Fsp3) is 0.381. The number of hydrogen-bond donors (Lipinski definition) is 0. The monoisotopic (exact) mass is 420 g/mol. The number of benzene rings is 2. The largest absolute Gasteiger partial charge is 0.493 e. The van der Waals surface area contributed by atoms with Crippen molar-refractivity contribution in [1.82, 2.24) is 5.01 Å². The Morgan fingerprint density at radius 1 is 1.11 bits per heavy atom. The van der Waals surface area contributed by atoms with Gasteiger partial charge >= 0.3 is 0 Å². The third-order valence-electron chi connectivity index (χ3n) is 5.12. The van der Waals surface area contributed by atoms with Crippen molar-refractivity contribution < 1.29 is 14.2 Å². The fourth-order valence-corrected chi connectivity index (χ4v) is 4.33. The van der Waals surface area contributed by atoms with Crippen LogP contribution in [0.4, 0.5) is 0 Å². The molecule has 2 aromatic carbocycles. The first kappa shape index (κ1) is 19.2. The van der Waals surface area contributed by atoms with Gasteiger partial charge in [0.1, 0.15) is 5.75 Å². The van der Waals surface area contributed by atoms with E-state index in [1.54, 1.807) is 20.3 Å². The lowest BCUT2D eigenvalue weighted by atomic mass is 9.95. The number of rotatable bonds is 4. The predicted octanol–water partition coefficient (Wildman–Crippen LogP) is 5.54. The van der Waals surface area contributed by atoms with Crippen molar-refractivity contribution in [2.45, 2.75) is 32.5 Å². The molecule has 2 aromatic rings. The van der Waals surface area contributed by atoms with E-state index in [2.05, 4.69) is 13.8 Å². The third-order valence-corrected chi connectivity index (χ3v) is 5.62. The molecule has 2 aliphatic heterocycles. The topological polar surface area (TPSA) is 43.3 Å². The lowest BCUT2D eigenvalue weighted by Gasteiger charge is -2.40. The normalized spacial score (nSPS) is 20.4. The van der Waals surface area contributed by atoms with Crippen LogP contribution < -0.4 is 14.2 Å². The molecule has 2 aliphatic rings. The average molecular weight is 421 g/mol.